The number of aryl methyl sites for hydroxylation is 1. The van der Waals surface area contributed by atoms with Crippen LogP contribution in [0, 0.1) is 5.92 Å². The van der Waals surface area contributed by atoms with Crippen molar-refractivity contribution in [1.29, 1.82) is 0 Å². The predicted molar refractivity (Wildman–Crippen MR) is 145 cm³/mol. The normalized spacial score (nSPS) is 14.7. The van der Waals surface area contributed by atoms with E-state index in [1.807, 2.05) is 0 Å². The van der Waals surface area contributed by atoms with Crippen LogP contribution in [0.25, 0.3) is 11.6 Å². The van der Waals surface area contributed by atoms with E-state index in [1.54, 1.807) is 20.5 Å². The van der Waals surface area contributed by atoms with Crippen molar-refractivity contribution in [2.45, 2.75) is 85.2 Å². The zero-order valence-electron chi connectivity index (χ0n) is 23.3. The number of hydrogen-bond acceptors (Lipinski definition) is 6. The van der Waals surface area contributed by atoms with Gasteiger partial charge in [-0.25, -0.2) is 9.97 Å². The van der Waals surface area contributed by atoms with Crippen LogP contribution in [-0.4, -0.2) is 32.3 Å². The monoisotopic (exact) mass is 500 g/mol. The molecule has 0 saturated heterocycles. The molecule has 0 aliphatic rings. The molecule has 0 aliphatic carbocycles. The summed E-state index contributed by atoms with van der Waals surface area (Å²) in [5.74, 6) is 1.63. The molecule has 1 atom stereocenters. The highest BCUT2D eigenvalue weighted by molar-refractivity contribution is 6.92. The van der Waals surface area contributed by atoms with E-state index in [0.29, 0.717) is 29.1 Å². The van der Waals surface area contributed by atoms with E-state index in [9.17, 15) is 0 Å². The summed E-state index contributed by atoms with van der Waals surface area (Å²) in [4.78, 5) is 9.47. The highest BCUT2D eigenvalue weighted by atomic mass is 28.3. The molecule has 194 valence electrons. The Morgan fingerprint density at radius 3 is 2.43 bits per heavy atom. The Morgan fingerprint density at radius 2 is 1.83 bits per heavy atom. The molecular formula is C28H44N2O4Si. The van der Waals surface area contributed by atoms with Crippen molar-refractivity contribution in [2.24, 2.45) is 5.92 Å². The molecule has 0 saturated carbocycles. The van der Waals surface area contributed by atoms with Crippen LogP contribution in [0.3, 0.4) is 0 Å². The number of nitrogens with zero attached hydrogens (tertiary/aromatic N) is 2. The molecule has 35 heavy (non-hydrogen) atoms. The Labute approximate surface area is 212 Å². The zero-order chi connectivity index (χ0) is 26.2. The number of rotatable bonds is 12. The lowest BCUT2D eigenvalue weighted by Crippen LogP contribution is -2.49. The Morgan fingerprint density at radius 1 is 1.14 bits per heavy atom. The van der Waals surface area contributed by atoms with Gasteiger partial charge in [0.15, 0.2) is 11.6 Å². The van der Waals surface area contributed by atoms with Gasteiger partial charge in [0.1, 0.15) is 25.4 Å². The standard InChI is InChI=1S/C28H44N2O4Si/c1-11-15-20(2)18-21(3)16-13-12-14-17-23-30-24(27(34-23)35(9,10)28(4,5)6)25-29-22(19-33-25)26(31-7)32-8/h11-13,15,18-20,26H,14,16-17H2,1-10H3/b13-12+,15-11+,21-18-/t20-/m0/s1. The van der Waals surface area contributed by atoms with Gasteiger partial charge < -0.3 is 18.3 Å². The average molecular weight is 501 g/mol. The summed E-state index contributed by atoms with van der Waals surface area (Å²) < 4.78 is 22.9. The first-order chi connectivity index (χ1) is 16.4. The quantitative estimate of drug-likeness (QED) is 0.172. The minimum absolute atomic E-state index is 0.0729. The maximum Gasteiger partial charge on any atom is 0.248 e. The molecule has 0 aliphatic heterocycles. The number of aromatic nitrogens is 2. The molecule has 7 heteroatoms. The molecule has 0 fully saturated rings. The molecule has 6 nitrogen and oxygen atoms in total. The number of allylic oxidation sites excluding steroid dienone is 6. The first-order valence-corrected chi connectivity index (χ1v) is 15.4. The number of methoxy groups -OCH3 is 2. The van der Waals surface area contributed by atoms with Crippen molar-refractivity contribution < 1.29 is 18.3 Å². The smallest absolute Gasteiger partial charge is 0.248 e. The Bertz CT molecular complexity index is 1020. The molecule has 0 N–H and O–H groups in total. The fourth-order valence-corrected chi connectivity index (χ4v) is 5.50. The molecule has 2 aromatic rings. The van der Waals surface area contributed by atoms with Gasteiger partial charge in [-0.05, 0) is 37.6 Å². The van der Waals surface area contributed by atoms with Crippen molar-refractivity contribution in [2.75, 3.05) is 14.2 Å². The summed E-state index contributed by atoms with van der Waals surface area (Å²) in [7, 11) is 1.11. The van der Waals surface area contributed by atoms with Crippen LogP contribution in [0.1, 0.15) is 72.3 Å². The van der Waals surface area contributed by atoms with Crippen LogP contribution in [-0.2, 0) is 15.9 Å². The van der Waals surface area contributed by atoms with Gasteiger partial charge in [-0.15, -0.1) is 0 Å². The van der Waals surface area contributed by atoms with E-state index in [1.165, 1.54) is 5.57 Å². The second-order valence-electron chi connectivity index (χ2n) is 10.7. The van der Waals surface area contributed by atoms with Crippen LogP contribution in [0.4, 0.5) is 0 Å². The third kappa shape index (κ3) is 7.63. The SMILES string of the molecule is C/C=C/[C@H](C)/C=C(/C)C/C=C/CCc1nc(-c2nc(C(OC)OC)co2)c([Si](C)(C)C(C)(C)C)o1. The Balaban J connectivity index is 2.24. The fraction of sp³-hybridized carbons (Fsp3) is 0.571. The van der Waals surface area contributed by atoms with Gasteiger partial charge in [0.25, 0.3) is 0 Å². The zero-order valence-corrected chi connectivity index (χ0v) is 24.3. The van der Waals surface area contributed by atoms with E-state index in [2.05, 4.69) is 90.0 Å². The maximum absolute atomic E-state index is 6.43. The lowest BCUT2D eigenvalue weighted by molar-refractivity contribution is -0.108. The first kappa shape index (κ1) is 29.0. The van der Waals surface area contributed by atoms with Gasteiger partial charge in [-0.1, -0.05) is 76.7 Å². The number of hydrogen-bond donors (Lipinski definition) is 0. The van der Waals surface area contributed by atoms with Crippen molar-refractivity contribution in [3.8, 4) is 11.6 Å². The van der Waals surface area contributed by atoms with E-state index >= 15 is 0 Å². The summed E-state index contributed by atoms with van der Waals surface area (Å²) in [6.45, 7) is 17.8. The van der Waals surface area contributed by atoms with Crippen molar-refractivity contribution in [1.82, 2.24) is 9.97 Å². The van der Waals surface area contributed by atoms with Gasteiger partial charge >= 0.3 is 0 Å². The summed E-state index contributed by atoms with van der Waals surface area (Å²) in [6.07, 6.45) is 14.6. The molecule has 2 aromatic heterocycles. The van der Waals surface area contributed by atoms with Gasteiger partial charge in [-0.2, -0.15) is 0 Å². The van der Waals surface area contributed by atoms with Crippen molar-refractivity contribution >= 4 is 13.5 Å². The molecule has 2 rings (SSSR count). The summed E-state index contributed by atoms with van der Waals surface area (Å²) in [6, 6.07) is 0. The van der Waals surface area contributed by atoms with E-state index in [4.69, 9.17) is 23.3 Å². The average Bonchev–Trinajstić information content (AvgIpc) is 3.41. The second kappa shape index (κ2) is 12.7. The summed E-state index contributed by atoms with van der Waals surface area (Å²) in [5, 5.41) is 0.990. The Hall–Kier alpha value is -2.22. The Kier molecular flexibility index (Phi) is 10.5. The summed E-state index contributed by atoms with van der Waals surface area (Å²) >= 11 is 0. The molecule has 0 radical (unpaired) electrons. The topological polar surface area (TPSA) is 70.5 Å². The lowest BCUT2D eigenvalue weighted by atomic mass is 10.1. The molecule has 0 bridgehead atoms. The maximum atomic E-state index is 6.43. The number of ether oxygens (including phenoxy) is 2. The largest absolute Gasteiger partial charge is 0.450 e. The molecule has 0 amide bonds. The molecule has 0 unspecified atom stereocenters. The van der Waals surface area contributed by atoms with Crippen molar-refractivity contribution in [3.63, 3.8) is 0 Å². The third-order valence-corrected chi connectivity index (χ3v) is 11.9. The van der Waals surface area contributed by atoms with E-state index in [0.717, 1.165) is 24.6 Å². The molecule has 0 aromatic carbocycles. The molecular weight excluding hydrogens is 456 g/mol. The van der Waals surface area contributed by atoms with Gasteiger partial charge in [-0.3, -0.25) is 0 Å². The van der Waals surface area contributed by atoms with Crippen LogP contribution in [0.5, 0.6) is 0 Å². The summed E-state index contributed by atoms with van der Waals surface area (Å²) in [5.41, 5.74) is 2.64. The fourth-order valence-electron chi connectivity index (χ4n) is 3.69. The minimum Gasteiger partial charge on any atom is -0.450 e. The molecule has 0 spiro atoms. The second-order valence-corrected chi connectivity index (χ2v) is 15.9. The highest BCUT2D eigenvalue weighted by Gasteiger charge is 2.43. The van der Waals surface area contributed by atoms with Crippen LogP contribution in [0.15, 0.2) is 51.1 Å². The van der Waals surface area contributed by atoms with Gasteiger partial charge in [0.2, 0.25) is 12.2 Å². The highest BCUT2D eigenvalue weighted by Crippen LogP contribution is 2.38. The van der Waals surface area contributed by atoms with Crippen LogP contribution in [0.2, 0.25) is 18.1 Å². The molecule has 2 heterocycles. The van der Waals surface area contributed by atoms with E-state index < -0.39 is 14.4 Å². The minimum atomic E-state index is -2.04. The third-order valence-electron chi connectivity index (χ3n) is 6.68. The lowest BCUT2D eigenvalue weighted by Gasteiger charge is -2.34. The van der Waals surface area contributed by atoms with Crippen LogP contribution < -0.4 is 5.38 Å². The van der Waals surface area contributed by atoms with Crippen molar-refractivity contribution in [3.05, 3.63) is 53.8 Å². The van der Waals surface area contributed by atoms with Gasteiger partial charge in [0, 0.05) is 20.6 Å². The predicted octanol–water partition coefficient (Wildman–Crippen LogP) is 7.37. The van der Waals surface area contributed by atoms with Gasteiger partial charge in [0.05, 0.1) is 0 Å². The first-order valence-electron chi connectivity index (χ1n) is 12.4. The van der Waals surface area contributed by atoms with E-state index in [-0.39, 0.29) is 5.04 Å². The number of oxazole rings is 2. The van der Waals surface area contributed by atoms with Crippen LogP contribution >= 0.6 is 0 Å².